The number of thioether (sulfide) groups is 1. The number of alkyl halides is 3. The zero-order chi connectivity index (χ0) is 18.7. The van der Waals surface area contributed by atoms with Gasteiger partial charge in [-0.25, -0.2) is 4.98 Å². The van der Waals surface area contributed by atoms with Gasteiger partial charge in [-0.1, -0.05) is 11.6 Å². The highest BCUT2D eigenvalue weighted by Gasteiger charge is 2.31. The second-order valence-electron chi connectivity index (χ2n) is 5.62. The van der Waals surface area contributed by atoms with Crippen LogP contribution in [0, 0.1) is 0 Å². The summed E-state index contributed by atoms with van der Waals surface area (Å²) in [5, 5.41) is 0.654. The van der Waals surface area contributed by atoms with Crippen molar-refractivity contribution < 1.29 is 17.9 Å². The fourth-order valence-electron chi connectivity index (χ4n) is 2.58. The van der Waals surface area contributed by atoms with Gasteiger partial charge in [-0.2, -0.15) is 13.2 Å². The van der Waals surface area contributed by atoms with E-state index in [9.17, 15) is 13.2 Å². The summed E-state index contributed by atoms with van der Waals surface area (Å²) in [7, 11) is 1.59. The molecule has 3 rings (SSSR count). The minimum atomic E-state index is -4.39. The molecule has 0 aliphatic rings. The van der Waals surface area contributed by atoms with Crippen LogP contribution in [0.15, 0.2) is 47.4 Å². The molecule has 3 nitrogen and oxygen atoms in total. The van der Waals surface area contributed by atoms with E-state index in [0.29, 0.717) is 40.8 Å². The van der Waals surface area contributed by atoms with Crippen LogP contribution in [-0.4, -0.2) is 23.3 Å². The molecule has 0 aliphatic carbocycles. The van der Waals surface area contributed by atoms with Crippen molar-refractivity contribution in [2.75, 3.05) is 13.7 Å². The van der Waals surface area contributed by atoms with Crippen LogP contribution < -0.4 is 0 Å². The standard InChI is InChI=1S/C18H16ClF3N2OS/c1-25-9-8-24-16-7-2-12(18(20,21)22)10-15(16)23-17(24)11-26-14-5-3-13(19)4-6-14/h2-7,10H,8-9,11H2,1H3. The number of halogens is 4. The summed E-state index contributed by atoms with van der Waals surface area (Å²) < 4.78 is 45.9. The number of benzene rings is 2. The van der Waals surface area contributed by atoms with Gasteiger partial charge >= 0.3 is 6.18 Å². The number of rotatable bonds is 6. The Balaban J connectivity index is 1.92. The van der Waals surface area contributed by atoms with Crippen molar-refractivity contribution in [2.45, 2.75) is 23.4 Å². The Morgan fingerprint density at radius 1 is 1.15 bits per heavy atom. The third kappa shape index (κ3) is 4.34. The first kappa shape index (κ1) is 19.1. The topological polar surface area (TPSA) is 27.1 Å². The van der Waals surface area contributed by atoms with Gasteiger partial charge in [-0.15, -0.1) is 11.8 Å². The summed E-state index contributed by atoms with van der Waals surface area (Å²) in [5.74, 6) is 1.23. The molecule has 0 N–H and O–H groups in total. The van der Waals surface area contributed by atoms with Crippen molar-refractivity contribution in [2.24, 2.45) is 0 Å². The molecule has 2 aromatic carbocycles. The molecule has 0 saturated heterocycles. The van der Waals surface area contributed by atoms with Crippen molar-refractivity contribution in [3.05, 3.63) is 58.9 Å². The third-order valence-electron chi connectivity index (χ3n) is 3.86. The Bertz CT molecular complexity index is 894. The first-order chi connectivity index (χ1) is 12.4. The quantitative estimate of drug-likeness (QED) is 0.500. The molecule has 1 aromatic heterocycles. The molecule has 3 aromatic rings. The summed E-state index contributed by atoms with van der Waals surface area (Å²) >= 11 is 7.43. The number of ether oxygens (including phenoxy) is 1. The molecule has 26 heavy (non-hydrogen) atoms. The largest absolute Gasteiger partial charge is 0.416 e. The molecule has 0 saturated carbocycles. The van der Waals surface area contributed by atoms with E-state index in [2.05, 4.69) is 4.98 Å². The smallest absolute Gasteiger partial charge is 0.383 e. The predicted octanol–water partition coefficient (Wildman–Crippen LogP) is 5.65. The first-order valence-corrected chi connectivity index (χ1v) is 9.18. The van der Waals surface area contributed by atoms with E-state index in [-0.39, 0.29) is 0 Å². The summed E-state index contributed by atoms with van der Waals surface area (Å²) in [5.41, 5.74) is 0.308. The molecule has 8 heteroatoms. The maximum Gasteiger partial charge on any atom is 0.416 e. The van der Waals surface area contributed by atoms with Gasteiger partial charge < -0.3 is 9.30 Å². The Morgan fingerprint density at radius 3 is 2.54 bits per heavy atom. The Kier molecular flexibility index (Phi) is 5.79. The van der Waals surface area contributed by atoms with Crippen molar-refractivity contribution in [1.29, 1.82) is 0 Å². The van der Waals surface area contributed by atoms with Crippen LogP contribution in [0.1, 0.15) is 11.4 Å². The summed E-state index contributed by atoms with van der Waals surface area (Å²) in [6.45, 7) is 0.972. The molecular weight excluding hydrogens is 385 g/mol. The monoisotopic (exact) mass is 400 g/mol. The van der Waals surface area contributed by atoms with Crippen LogP contribution in [0.25, 0.3) is 11.0 Å². The average Bonchev–Trinajstić information content (AvgIpc) is 2.95. The van der Waals surface area contributed by atoms with Gasteiger partial charge in [0.05, 0.1) is 29.0 Å². The van der Waals surface area contributed by atoms with Gasteiger partial charge in [-0.3, -0.25) is 0 Å². The van der Waals surface area contributed by atoms with Crippen LogP contribution in [0.5, 0.6) is 0 Å². The number of aromatic nitrogens is 2. The molecule has 138 valence electrons. The van der Waals surface area contributed by atoms with Gasteiger partial charge in [-0.05, 0) is 42.5 Å². The average molecular weight is 401 g/mol. The summed E-state index contributed by atoms with van der Waals surface area (Å²) in [4.78, 5) is 5.44. The molecule has 1 heterocycles. The highest BCUT2D eigenvalue weighted by atomic mass is 35.5. The molecule has 0 unspecified atom stereocenters. The maximum atomic E-state index is 13.0. The number of nitrogens with zero attached hydrogens (tertiary/aromatic N) is 2. The molecule has 0 bridgehead atoms. The van der Waals surface area contributed by atoms with Crippen LogP contribution in [0.2, 0.25) is 5.02 Å². The molecular formula is C18H16ClF3N2OS. The van der Waals surface area contributed by atoms with E-state index in [1.165, 1.54) is 6.07 Å². The Labute approximate surface area is 158 Å². The van der Waals surface area contributed by atoms with E-state index in [4.69, 9.17) is 16.3 Å². The fraction of sp³-hybridized carbons (Fsp3) is 0.278. The number of fused-ring (bicyclic) bond motifs is 1. The van der Waals surface area contributed by atoms with Crippen LogP contribution >= 0.6 is 23.4 Å². The SMILES string of the molecule is COCCn1c(CSc2ccc(Cl)cc2)nc2cc(C(F)(F)F)ccc21. The number of methoxy groups -OCH3 is 1. The third-order valence-corrected chi connectivity index (χ3v) is 5.12. The van der Waals surface area contributed by atoms with Crippen LogP contribution in [0.3, 0.4) is 0 Å². The normalized spacial score (nSPS) is 12.0. The number of imidazole rings is 1. The Morgan fingerprint density at radius 2 is 1.88 bits per heavy atom. The lowest BCUT2D eigenvalue weighted by Gasteiger charge is -2.09. The van der Waals surface area contributed by atoms with E-state index in [1.54, 1.807) is 31.0 Å². The van der Waals surface area contributed by atoms with E-state index in [0.717, 1.165) is 17.0 Å². The van der Waals surface area contributed by atoms with Crippen LogP contribution in [0.4, 0.5) is 13.2 Å². The maximum absolute atomic E-state index is 13.0. The van der Waals surface area contributed by atoms with Crippen molar-refractivity contribution in [3.63, 3.8) is 0 Å². The lowest BCUT2D eigenvalue weighted by molar-refractivity contribution is -0.137. The lowest BCUT2D eigenvalue weighted by atomic mass is 10.2. The zero-order valence-corrected chi connectivity index (χ0v) is 15.5. The highest BCUT2D eigenvalue weighted by Crippen LogP contribution is 2.32. The van der Waals surface area contributed by atoms with Gasteiger partial charge in [0.2, 0.25) is 0 Å². The molecule has 0 radical (unpaired) electrons. The van der Waals surface area contributed by atoms with Gasteiger partial charge in [0.15, 0.2) is 0 Å². The second kappa shape index (κ2) is 7.90. The molecule has 0 fully saturated rings. The molecule has 0 spiro atoms. The summed E-state index contributed by atoms with van der Waals surface area (Å²) in [6.07, 6.45) is -4.39. The van der Waals surface area contributed by atoms with Crippen LogP contribution in [-0.2, 0) is 23.2 Å². The van der Waals surface area contributed by atoms with E-state index in [1.807, 2.05) is 16.7 Å². The van der Waals surface area contributed by atoms with Gasteiger partial charge in [0.25, 0.3) is 0 Å². The number of hydrogen-bond acceptors (Lipinski definition) is 3. The van der Waals surface area contributed by atoms with E-state index >= 15 is 0 Å². The lowest BCUT2D eigenvalue weighted by Crippen LogP contribution is -2.08. The minimum absolute atomic E-state index is 0.336. The van der Waals surface area contributed by atoms with Crippen molar-refractivity contribution >= 4 is 34.4 Å². The summed E-state index contributed by atoms with van der Waals surface area (Å²) in [6, 6.07) is 11.0. The number of hydrogen-bond donors (Lipinski definition) is 0. The second-order valence-corrected chi connectivity index (χ2v) is 7.10. The van der Waals surface area contributed by atoms with E-state index < -0.39 is 11.7 Å². The molecule has 0 atom stereocenters. The van der Waals surface area contributed by atoms with Gasteiger partial charge in [0, 0.05) is 23.6 Å². The van der Waals surface area contributed by atoms with Crippen molar-refractivity contribution in [3.8, 4) is 0 Å². The predicted molar refractivity (Wildman–Crippen MR) is 97.6 cm³/mol. The van der Waals surface area contributed by atoms with Gasteiger partial charge in [0.1, 0.15) is 5.82 Å². The fourth-order valence-corrected chi connectivity index (χ4v) is 3.55. The Hall–Kier alpha value is -1.70. The molecule has 0 amide bonds. The first-order valence-electron chi connectivity index (χ1n) is 7.82. The van der Waals surface area contributed by atoms with Crippen molar-refractivity contribution in [1.82, 2.24) is 9.55 Å². The minimum Gasteiger partial charge on any atom is -0.383 e. The highest BCUT2D eigenvalue weighted by molar-refractivity contribution is 7.98. The molecule has 0 aliphatic heterocycles. The zero-order valence-electron chi connectivity index (χ0n) is 13.9.